The van der Waals surface area contributed by atoms with Crippen molar-refractivity contribution >= 4 is 15.6 Å². The van der Waals surface area contributed by atoms with Crippen LogP contribution in [-0.4, -0.2) is 50.5 Å². The molecule has 4 heteroatoms. The maximum Gasteiger partial charge on any atom is 0.0562 e. The maximum absolute atomic E-state index is 13.6. The van der Waals surface area contributed by atoms with Crippen LogP contribution in [0.25, 0.3) is 0 Å². The van der Waals surface area contributed by atoms with Gasteiger partial charge >= 0.3 is 0 Å². The summed E-state index contributed by atoms with van der Waals surface area (Å²) in [5.74, 6) is 4.21. The van der Waals surface area contributed by atoms with Crippen LogP contribution in [0.15, 0.2) is 29.2 Å². The van der Waals surface area contributed by atoms with Crippen LogP contribution >= 0.6 is 0 Å². The summed E-state index contributed by atoms with van der Waals surface area (Å²) in [6, 6.07) is 10.1. The lowest BCUT2D eigenvalue weighted by molar-refractivity contribution is 0.105. The molecule has 2 heterocycles. The topological polar surface area (TPSA) is 23.6 Å². The molecular weight excluding hydrogens is 340 g/mol. The van der Waals surface area contributed by atoms with Gasteiger partial charge in [-0.05, 0) is 48.2 Å². The minimum Gasteiger partial charge on any atom is -0.294 e. The number of rotatable bonds is 3. The molecule has 2 aliphatic heterocycles. The first-order valence-electron chi connectivity index (χ1n) is 10.3. The largest absolute Gasteiger partial charge is 0.294 e. The first kappa shape index (κ1) is 18.5. The molecule has 2 saturated heterocycles. The number of piperazine rings is 1. The molecule has 1 saturated carbocycles. The molecule has 2 bridgehead atoms. The Balaban J connectivity index is 1.49. The number of nitrogens with zero attached hydrogens (tertiary/aromatic N) is 2. The summed E-state index contributed by atoms with van der Waals surface area (Å²) in [5.41, 5.74) is 1.40. The zero-order valence-corrected chi connectivity index (χ0v) is 17.4. The Bertz CT molecular complexity index is 741. The lowest BCUT2D eigenvalue weighted by atomic mass is 9.87. The molecule has 3 aliphatic rings. The van der Waals surface area contributed by atoms with E-state index in [1.165, 1.54) is 44.1 Å². The van der Waals surface area contributed by atoms with E-state index < -0.39 is 9.71 Å². The number of hydrogen-bond acceptors (Lipinski definition) is 2. The maximum atomic E-state index is 13.6. The number of hydrogen-bond donors (Lipinski definition) is 0. The van der Waals surface area contributed by atoms with Crippen LogP contribution in [0.4, 0.5) is 0 Å². The fraction of sp³-hybridized carbons (Fsp3) is 0.682. The van der Waals surface area contributed by atoms with E-state index in [2.05, 4.69) is 48.0 Å². The van der Waals surface area contributed by atoms with Crippen molar-refractivity contribution in [2.24, 2.45) is 0 Å². The predicted molar refractivity (Wildman–Crippen MR) is 111 cm³/mol. The summed E-state index contributed by atoms with van der Waals surface area (Å²) in [5, 5.41) is 0. The summed E-state index contributed by atoms with van der Waals surface area (Å²) < 4.78 is 15.8. The second-order valence-electron chi connectivity index (χ2n) is 9.55. The molecule has 0 amide bonds. The predicted octanol–water partition coefficient (Wildman–Crippen LogP) is 4.07. The molecule has 0 N–H and O–H groups in total. The van der Waals surface area contributed by atoms with Gasteiger partial charge in [-0.3, -0.25) is 4.90 Å². The monoisotopic (exact) mass is 374 g/mol. The van der Waals surface area contributed by atoms with Gasteiger partial charge in [0.15, 0.2) is 0 Å². The molecule has 144 valence electrons. The second-order valence-corrected chi connectivity index (χ2v) is 11.8. The fourth-order valence-corrected chi connectivity index (χ4v) is 7.06. The summed E-state index contributed by atoms with van der Waals surface area (Å²) in [4.78, 5) is 3.63. The van der Waals surface area contributed by atoms with Crippen molar-refractivity contribution in [3.05, 3.63) is 29.8 Å². The Hall–Kier alpha value is -0.840. The Morgan fingerprint density at radius 1 is 0.962 bits per heavy atom. The minimum atomic E-state index is -2.38. The highest BCUT2D eigenvalue weighted by atomic mass is 32.2. The number of benzene rings is 1. The first-order valence-corrected chi connectivity index (χ1v) is 12.0. The third-order valence-corrected chi connectivity index (χ3v) is 8.96. The van der Waals surface area contributed by atoms with Crippen molar-refractivity contribution in [2.75, 3.05) is 13.1 Å². The Morgan fingerprint density at radius 3 is 2.15 bits per heavy atom. The molecule has 3 atom stereocenters. The molecule has 0 aromatic heterocycles. The molecular formula is C22H34N2OS. The molecule has 0 spiro atoms. The Kier molecular flexibility index (Phi) is 4.73. The lowest BCUT2D eigenvalue weighted by Gasteiger charge is -2.41. The van der Waals surface area contributed by atoms with Gasteiger partial charge in [-0.1, -0.05) is 52.2 Å². The van der Waals surface area contributed by atoms with E-state index in [1.807, 2.05) is 12.1 Å². The smallest absolute Gasteiger partial charge is 0.0562 e. The van der Waals surface area contributed by atoms with Gasteiger partial charge in [0.1, 0.15) is 0 Å². The van der Waals surface area contributed by atoms with E-state index in [4.69, 9.17) is 0 Å². The van der Waals surface area contributed by atoms with Gasteiger partial charge in [-0.15, -0.1) is 0 Å². The van der Waals surface area contributed by atoms with Crippen LogP contribution in [0.5, 0.6) is 0 Å². The average Bonchev–Trinajstić information content (AvgIpc) is 3.23. The van der Waals surface area contributed by atoms with Crippen LogP contribution in [-0.2, 0) is 15.1 Å². The minimum absolute atomic E-state index is 0.119. The van der Waals surface area contributed by atoms with Gasteiger partial charge in [0.2, 0.25) is 0 Å². The van der Waals surface area contributed by atoms with Crippen LogP contribution in [0.3, 0.4) is 0 Å². The fourth-order valence-electron chi connectivity index (χ4n) is 5.19. The van der Waals surface area contributed by atoms with Crippen LogP contribution in [0.1, 0.15) is 64.9 Å². The van der Waals surface area contributed by atoms with Crippen molar-refractivity contribution in [1.82, 2.24) is 9.21 Å². The van der Waals surface area contributed by atoms with E-state index in [9.17, 15) is 4.21 Å². The third kappa shape index (κ3) is 3.25. The first-order chi connectivity index (χ1) is 12.3. The molecule has 3 nitrogen and oxygen atoms in total. The van der Waals surface area contributed by atoms with E-state index in [-0.39, 0.29) is 5.41 Å². The number of likely N-dealkylation sites (tertiary alicyclic amines) is 1. The van der Waals surface area contributed by atoms with Gasteiger partial charge in [0.25, 0.3) is 0 Å². The molecule has 1 aromatic carbocycles. The molecule has 26 heavy (non-hydrogen) atoms. The summed E-state index contributed by atoms with van der Waals surface area (Å²) in [6.07, 6.45) is 8.06. The highest BCUT2D eigenvalue weighted by molar-refractivity contribution is 7.98. The normalized spacial score (nSPS) is 30.6. The molecule has 1 aromatic rings. The summed E-state index contributed by atoms with van der Waals surface area (Å²) in [7, 11) is -2.38. The van der Waals surface area contributed by atoms with Gasteiger partial charge in [-0.2, -0.15) is 0 Å². The van der Waals surface area contributed by atoms with Gasteiger partial charge in [-0.25, -0.2) is 8.51 Å². The highest BCUT2D eigenvalue weighted by Crippen LogP contribution is 2.39. The van der Waals surface area contributed by atoms with Gasteiger partial charge in [0, 0.05) is 36.1 Å². The second kappa shape index (κ2) is 6.65. The van der Waals surface area contributed by atoms with Crippen molar-refractivity contribution in [3.8, 4) is 0 Å². The van der Waals surface area contributed by atoms with Crippen LogP contribution < -0.4 is 0 Å². The Morgan fingerprint density at radius 2 is 1.62 bits per heavy atom. The lowest BCUT2D eigenvalue weighted by Crippen LogP contribution is -2.52. The van der Waals surface area contributed by atoms with Crippen LogP contribution in [0, 0.1) is 0 Å². The van der Waals surface area contributed by atoms with E-state index >= 15 is 0 Å². The molecule has 1 aliphatic carbocycles. The molecule has 1 unspecified atom stereocenters. The van der Waals surface area contributed by atoms with Gasteiger partial charge < -0.3 is 0 Å². The average molecular weight is 375 g/mol. The van der Waals surface area contributed by atoms with Crippen LogP contribution in [0.2, 0.25) is 0 Å². The van der Waals surface area contributed by atoms with Crippen molar-refractivity contribution < 1.29 is 4.21 Å². The third-order valence-electron chi connectivity index (χ3n) is 6.74. The number of fused-ring (bicyclic) bond motifs is 2. The van der Waals surface area contributed by atoms with E-state index in [0.29, 0.717) is 12.1 Å². The molecule has 0 radical (unpaired) electrons. The van der Waals surface area contributed by atoms with E-state index in [1.54, 1.807) is 0 Å². The zero-order chi connectivity index (χ0) is 18.5. The zero-order valence-electron chi connectivity index (χ0n) is 16.6. The SMILES string of the molecule is C=S(=O)(c1ccc(C(C)(C)C)cc1)N1C[C@@H]2C[C@H]1CN2C1CCCCC1. The summed E-state index contributed by atoms with van der Waals surface area (Å²) in [6.45, 7) is 8.64. The highest BCUT2D eigenvalue weighted by Gasteiger charge is 2.48. The quantitative estimate of drug-likeness (QED) is 0.745. The summed E-state index contributed by atoms with van der Waals surface area (Å²) >= 11 is 0. The van der Waals surface area contributed by atoms with Gasteiger partial charge in [0.05, 0.1) is 9.71 Å². The Labute approximate surface area is 159 Å². The van der Waals surface area contributed by atoms with E-state index in [0.717, 1.165) is 24.0 Å². The molecule has 4 rings (SSSR count). The van der Waals surface area contributed by atoms with Crippen molar-refractivity contribution in [2.45, 2.75) is 87.7 Å². The van der Waals surface area contributed by atoms with Crippen molar-refractivity contribution in [1.29, 1.82) is 0 Å². The standard InChI is InChI=1S/C22H34N2OS/c1-22(2,3)17-10-12-21(13-11-17)26(4,25)24-16-19-14-20(24)15-23(19)18-8-6-5-7-9-18/h10-13,18-20H,4-9,14-16H2,1-3H3/t19-,20-,26?/m0/s1. The van der Waals surface area contributed by atoms with Crippen molar-refractivity contribution in [3.63, 3.8) is 0 Å². The molecule has 3 fully saturated rings.